The Kier molecular flexibility index (Phi) is 7.58. The summed E-state index contributed by atoms with van der Waals surface area (Å²) < 4.78 is 10.7. The molecule has 156 valence electrons. The first-order valence-corrected chi connectivity index (χ1v) is 10.8. The van der Waals surface area contributed by atoms with Crippen molar-refractivity contribution < 1.29 is 14.3 Å². The number of rotatable bonds is 7. The van der Waals surface area contributed by atoms with E-state index in [0.29, 0.717) is 6.61 Å². The molecule has 29 heavy (non-hydrogen) atoms. The molecule has 2 aromatic rings. The summed E-state index contributed by atoms with van der Waals surface area (Å²) in [7, 11) is 1.63. The molecule has 1 atom stereocenters. The minimum atomic E-state index is -0.320. The number of hydrogen-bond donors (Lipinski definition) is 0. The molecule has 0 bridgehead atoms. The lowest BCUT2D eigenvalue weighted by atomic mass is 10.2. The summed E-state index contributed by atoms with van der Waals surface area (Å²) in [6, 6.07) is 15.2. The number of benzene rings is 2. The molecule has 1 saturated heterocycles. The van der Waals surface area contributed by atoms with E-state index in [4.69, 9.17) is 9.47 Å². The van der Waals surface area contributed by atoms with Crippen molar-refractivity contribution in [1.82, 2.24) is 4.90 Å². The minimum Gasteiger partial charge on any atom is -0.444 e. The van der Waals surface area contributed by atoms with E-state index in [-0.39, 0.29) is 12.2 Å². The van der Waals surface area contributed by atoms with E-state index in [1.54, 1.807) is 7.11 Å². The SMILES string of the molecule is COCC(OC(C)=O)N1CCN(c2ccccc2Sc2ccc(C)cc2C)CC1. The highest BCUT2D eigenvalue weighted by molar-refractivity contribution is 7.99. The molecule has 0 aromatic heterocycles. The summed E-state index contributed by atoms with van der Waals surface area (Å²) >= 11 is 1.82. The van der Waals surface area contributed by atoms with Gasteiger partial charge >= 0.3 is 5.97 Å². The molecule has 0 N–H and O–H groups in total. The zero-order valence-electron chi connectivity index (χ0n) is 17.7. The van der Waals surface area contributed by atoms with Crippen molar-refractivity contribution in [3.8, 4) is 0 Å². The lowest BCUT2D eigenvalue weighted by molar-refractivity contribution is -0.162. The van der Waals surface area contributed by atoms with E-state index in [0.717, 1.165) is 26.2 Å². The van der Waals surface area contributed by atoms with Crippen LogP contribution in [0.25, 0.3) is 0 Å². The Morgan fingerprint density at radius 3 is 2.45 bits per heavy atom. The van der Waals surface area contributed by atoms with Crippen LogP contribution in [-0.4, -0.2) is 57.0 Å². The van der Waals surface area contributed by atoms with Crippen molar-refractivity contribution in [2.24, 2.45) is 0 Å². The van der Waals surface area contributed by atoms with Crippen molar-refractivity contribution in [3.05, 3.63) is 53.6 Å². The third-order valence-corrected chi connectivity index (χ3v) is 6.33. The van der Waals surface area contributed by atoms with Crippen LogP contribution in [0.2, 0.25) is 0 Å². The van der Waals surface area contributed by atoms with Crippen molar-refractivity contribution in [2.45, 2.75) is 36.8 Å². The van der Waals surface area contributed by atoms with Crippen molar-refractivity contribution >= 4 is 23.4 Å². The molecular formula is C23H30N2O3S. The molecular weight excluding hydrogens is 384 g/mol. The average Bonchev–Trinajstić information content (AvgIpc) is 2.70. The first-order chi connectivity index (χ1) is 14.0. The predicted molar refractivity (Wildman–Crippen MR) is 118 cm³/mol. The number of piperazine rings is 1. The van der Waals surface area contributed by atoms with Crippen molar-refractivity contribution in [2.75, 3.05) is 44.8 Å². The summed E-state index contributed by atoms with van der Waals surface area (Å²) in [5.41, 5.74) is 3.85. The van der Waals surface area contributed by atoms with E-state index in [9.17, 15) is 4.79 Å². The van der Waals surface area contributed by atoms with Gasteiger partial charge in [0.25, 0.3) is 0 Å². The fourth-order valence-electron chi connectivity index (χ4n) is 3.64. The largest absolute Gasteiger partial charge is 0.444 e. The van der Waals surface area contributed by atoms with Crippen molar-refractivity contribution in [3.63, 3.8) is 0 Å². The molecule has 0 aliphatic carbocycles. The lowest BCUT2D eigenvalue weighted by Crippen LogP contribution is -2.53. The highest BCUT2D eigenvalue weighted by atomic mass is 32.2. The zero-order chi connectivity index (χ0) is 20.8. The number of para-hydroxylation sites is 1. The van der Waals surface area contributed by atoms with Crippen molar-refractivity contribution in [1.29, 1.82) is 0 Å². The first-order valence-electron chi connectivity index (χ1n) is 9.97. The summed E-state index contributed by atoms with van der Waals surface area (Å²) in [6.07, 6.45) is -0.320. The Morgan fingerprint density at radius 1 is 1.07 bits per heavy atom. The van der Waals surface area contributed by atoms with Crippen LogP contribution < -0.4 is 4.90 Å². The van der Waals surface area contributed by atoms with Gasteiger partial charge in [0.15, 0.2) is 6.23 Å². The fourth-order valence-corrected chi connectivity index (χ4v) is 4.68. The topological polar surface area (TPSA) is 42.0 Å². The van der Waals surface area contributed by atoms with E-state index < -0.39 is 0 Å². The molecule has 1 unspecified atom stereocenters. The summed E-state index contributed by atoms with van der Waals surface area (Å²) in [5.74, 6) is -0.273. The maximum atomic E-state index is 11.4. The van der Waals surface area contributed by atoms with Gasteiger partial charge in [0.05, 0.1) is 12.3 Å². The minimum absolute atomic E-state index is 0.273. The van der Waals surface area contributed by atoms with Gasteiger partial charge in [-0.1, -0.05) is 41.6 Å². The second-order valence-corrected chi connectivity index (χ2v) is 8.46. The number of nitrogens with zero attached hydrogens (tertiary/aromatic N) is 2. The molecule has 0 saturated carbocycles. The highest BCUT2D eigenvalue weighted by Crippen LogP contribution is 2.37. The van der Waals surface area contributed by atoms with Crippen LogP contribution in [0.15, 0.2) is 52.3 Å². The van der Waals surface area contributed by atoms with Crippen LogP contribution in [0.3, 0.4) is 0 Å². The number of esters is 1. The summed E-state index contributed by atoms with van der Waals surface area (Å²) in [6.45, 7) is 9.53. The van der Waals surface area contributed by atoms with Gasteiger partial charge in [-0.05, 0) is 37.6 Å². The number of ether oxygens (including phenoxy) is 2. The van der Waals surface area contributed by atoms with Gasteiger partial charge in [-0.3, -0.25) is 9.69 Å². The smallest absolute Gasteiger partial charge is 0.304 e. The Hall–Kier alpha value is -2.02. The Bertz CT molecular complexity index is 835. The predicted octanol–water partition coefficient (Wildman–Crippen LogP) is 4.11. The monoisotopic (exact) mass is 414 g/mol. The Labute approximate surface area is 178 Å². The maximum absolute atomic E-state index is 11.4. The molecule has 1 aliphatic heterocycles. The number of carbonyl (C=O) groups excluding carboxylic acids is 1. The van der Waals surface area contributed by atoms with Gasteiger partial charge in [0.2, 0.25) is 0 Å². The quantitative estimate of drug-likeness (QED) is 0.635. The van der Waals surface area contributed by atoms with Crippen LogP contribution in [-0.2, 0) is 14.3 Å². The maximum Gasteiger partial charge on any atom is 0.304 e. The molecule has 1 aliphatic rings. The van der Waals surface area contributed by atoms with E-state index >= 15 is 0 Å². The van der Waals surface area contributed by atoms with Crippen LogP contribution in [0.5, 0.6) is 0 Å². The summed E-state index contributed by atoms with van der Waals surface area (Å²) in [5, 5.41) is 0. The molecule has 1 heterocycles. The number of hydrogen-bond acceptors (Lipinski definition) is 6. The fraction of sp³-hybridized carbons (Fsp3) is 0.435. The molecule has 6 heteroatoms. The van der Waals surface area contributed by atoms with Crippen LogP contribution in [0, 0.1) is 13.8 Å². The van der Waals surface area contributed by atoms with E-state index in [1.807, 2.05) is 11.8 Å². The second-order valence-electron chi connectivity index (χ2n) is 7.38. The van der Waals surface area contributed by atoms with E-state index in [1.165, 1.54) is 33.5 Å². The Balaban J connectivity index is 1.70. The zero-order valence-corrected chi connectivity index (χ0v) is 18.5. The van der Waals surface area contributed by atoms with Gasteiger partial charge < -0.3 is 14.4 Å². The molecule has 1 fully saturated rings. The third-order valence-electron chi connectivity index (χ3n) is 5.09. The molecule has 0 radical (unpaired) electrons. The third kappa shape index (κ3) is 5.75. The number of anilines is 1. The average molecular weight is 415 g/mol. The van der Waals surface area contributed by atoms with Gasteiger partial charge in [-0.25, -0.2) is 0 Å². The molecule has 0 spiro atoms. The van der Waals surface area contributed by atoms with Gasteiger partial charge in [-0.2, -0.15) is 0 Å². The molecule has 0 amide bonds. The standard InChI is InChI=1S/C23H30N2O3S/c1-17-9-10-21(18(2)15-17)29-22-8-6-5-7-20(22)24-11-13-25(14-12-24)23(16-27-4)28-19(3)26/h5-10,15,23H,11-14,16H2,1-4H3. The van der Waals surface area contributed by atoms with Crippen LogP contribution in [0.4, 0.5) is 5.69 Å². The van der Waals surface area contributed by atoms with Crippen LogP contribution >= 0.6 is 11.8 Å². The number of aryl methyl sites for hydroxylation is 2. The lowest BCUT2D eigenvalue weighted by Gasteiger charge is -2.39. The normalized spacial score (nSPS) is 15.9. The van der Waals surface area contributed by atoms with Gasteiger partial charge in [0, 0.05) is 50.0 Å². The molecule has 5 nitrogen and oxygen atoms in total. The number of carbonyl (C=O) groups is 1. The molecule has 2 aromatic carbocycles. The van der Waals surface area contributed by atoms with Crippen LogP contribution in [0.1, 0.15) is 18.1 Å². The molecule has 3 rings (SSSR count). The van der Waals surface area contributed by atoms with Gasteiger partial charge in [0.1, 0.15) is 0 Å². The van der Waals surface area contributed by atoms with Gasteiger partial charge in [-0.15, -0.1) is 0 Å². The second kappa shape index (κ2) is 10.1. The number of methoxy groups -OCH3 is 1. The first kappa shape index (κ1) is 21.7. The summed E-state index contributed by atoms with van der Waals surface area (Å²) in [4.78, 5) is 18.6. The Morgan fingerprint density at radius 2 is 1.79 bits per heavy atom. The highest BCUT2D eigenvalue weighted by Gasteiger charge is 2.26. The van der Waals surface area contributed by atoms with E-state index in [2.05, 4.69) is 66.1 Å².